The van der Waals surface area contributed by atoms with Crippen LogP contribution in [0, 0.1) is 5.82 Å². The fourth-order valence-electron chi connectivity index (χ4n) is 3.12. The lowest BCUT2D eigenvalue weighted by atomic mass is 10.1. The predicted molar refractivity (Wildman–Crippen MR) is 115 cm³/mol. The summed E-state index contributed by atoms with van der Waals surface area (Å²) in [5, 5.41) is 2.85. The number of methoxy groups -OCH3 is 2. The van der Waals surface area contributed by atoms with Gasteiger partial charge < -0.3 is 19.2 Å². The molecule has 0 aliphatic carbocycles. The normalized spacial score (nSPS) is 10.5. The quantitative estimate of drug-likeness (QED) is 0.453. The van der Waals surface area contributed by atoms with Gasteiger partial charge >= 0.3 is 0 Å². The molecule has 0 fully saturated rings. The fourth-order valence-corrected chi connectivity index (χ4v) is 3.12. The summed E-state index contributed by atoms with van der Waals surface area (Å²) < 4.78 is 29.6. The van der Waals surface area contributed by atoms with E-state index in [0.717, 1.165) is 0 Å². The average Bonchev–Trinajstić information content (AvgIpc) is 3.29. The molecule has 3 aromatic carbocycles. The first-order chi connectivity index (χ1) is 15.1. The van der Waals surface area contributed by atoms with Gasteiger partial charge in [0.2, 0.25) is 5.89 Å². The lowest BCUT2D eigenvalue weighted by molar-refractivity contribution is 0.102. The van der Waals surface area contributed by atoms with Crippen molar-refractivity contribution in [2.45, 2.75) is 0 Å². The molecule has 0 aliphatic rings. The van der Waals surface area contributed by atoms with Crippen molar-refractivity contribution in [2.24, 2.45) is 0 Å². The number of amides is 1. The molecule has 0 unspecified atom stereocenters. The summed E-state index contributed by atoms with van der Waals surface area (Å²) >= 11 is 0. The van der Waals surface area contributed by atoms with Crippen LogP contribution in [0.3, 0.4) is 0 Å². The van der Waals surface area contributed by atoms with Gasteiger partial charge in [0.05, 0.1) is 31.7 Å². The zero-order chi connectivity index (χ0) is 21.8. The topological polar surface area (TPSA) is 73.6 Å². The van der Waals surface area contributed by atoms with Gasteiger partial charge in [-0.1, -0.05) is 12.1 Å². The van der Waals surface area contributed by atoms with Crippen LogP contribution in [0.15, 0.2) is 77.3 Å². The molecule has 1 N–H and O–H groups in total. The van der Waals surface area contributed by atoms with E-state index in [4.69, 9.17) is 13.9 Å². The number of rotatable bonds is 6. The third-order valence-corrected chi connectivity index (χ3v) is 4.69. The zero-order valence-electron chi connectivity index (χ0n) is 16.9. The van der Waals surface area contributed by atoms with Crippen LogP contribution in [0.5, 0.6) is 11.5 Å². The Labute approximate surface area is 178 Å². The average molecular weight is 418 g/mol. The summed E-state index contributed by atoms with van der Waals surface area (Å²) in [5.74, 6) is 1.15. The Morgan fingerprint density at radius 1 is 1.00 bits per heavy atom. The predicted octanol–water partition coefficient (Wildman–Crippen LogP) is 5.42. The number of oxazole rings is 1. The van der Waals surface area contributed by atoms with Crippen LogP contribution in [0.4, 0.5) is 10.1 Å². The molecular weight excluding hydrogens is 399 g/mol. The molecule has 0 atom stereocenters. The van der Waals surface area contributed by atoms with Crippen molar-refractivity contribution in [1.29, 1.82) is 0 Å². The number of anilines is 1. The number of hydrogen-bond acceptors (Lipinski definition) is 5. The number of nitrogens with one attached hydrogen (secondary N) is 1. The molecular formula is C24H19FN2O4. The highest BCUT2D eigenvalue weighted by Gasteiger charge is 2.18. The van der Waals surface area contributed by atoms with E-state index in [1.807, 2.05) is 0 Å². The number of carbonyl (C=O) groups excluding carboxylic acids is 1. The summed E-state index contributed by atoms with van der Waals surface area (Å²) in [4.78, 5) is 17.4. The molecule has 4 rings (SSSR count). The third-order valence-electron chi connectivity index (χ3n) is 4.69. The number of hydrogen-bond donors (Lipinski definition) is 1. The molecule has 0 bridgehead atoms. The minimum Gasteiger partial charge on any atom is -0.497 e. The first kappa shape index (κ1) is 20.2. The first-order valence-electron chi connectivity index (χ1n) is 9.43. The maximum atomic E-state index is 13.2. The third kappa shape index (κ3) is 4.25. The summed E-state index contributed by atoms with van der Waals surface area (Å²) in [5.41, 5.74) is 2.05. The van der Waals surface area contributed by atoms with Crippen molar-refractivity contribution < 1.29 is 23.1 Å². The Hall–Kier alpha value is -4.13. The second kappa shape index (κ2) is 8.71. The van der Waals surface area contributed by atoms with Crippen LogP contribution >= 0.6 is 0 Å². The highest BCUT2D eigenvalue weighted by Crippen LogP contribution is 2.32. The van der Waals surface area contributed by atoms with Gasteiger partial charge in [-0.2, -0.15) is 0 Å². The molecule has 4 aromatic rings. The minimum atomic E-state index is -0.358. The van der Waals surface area contributed by atoms with E-state index >= 15 is 0 Å². The van der Waals surface area contributed by atoms with Gasteiger partial charge in [0.25, 0.3) is 5.91 Å². The molecule has 1 heterocycles. The van der Waals surface area contributed by atoms with Crippen LogP contribution < -0.4 is 14.8 Å². The lowest BCUT2D eigenvalue weighted by Gasteiger charge is -2.13. The van der Waals surface area contributed by atoms with E-state index in [1.165, 1.54) is 19.2 Å². The molecule has 1 aromatic heterocycles. The van der Waals surface area contributed by atoms with Crippen LogP contribution in [-0.4, -0.2) is 25.1 Å². The number of halogens is 1. The Bertz CT molecular complexity index is 1220. The molecule has 6 nitrogen and oxygen atoms in total. The molecule has 0 radical (unpaired) electrons. The molecule has 31 heavy (non-hydrogen) atoms. The summed E-state index contributed by atoms with van der Waals surface area (Å²) in [6, 6.07) is 18.0. The van der Waals surface area contributed by atoms with Crippen LogP contribution in [0.2, 0.25) is 0 Å². The van der Waals surface area contributed by atoms with Crippen molar-refractivity contribution in [2.75, 3.05) is 19.5 Å². The van der Waals surface area contributed by atoms with Crippen LogP contribution in [0.1, 0.15) is 10.4 Å². The monoisotopic (exact) mass is 418 g/mol. The Balaban J connectivity index is 1.65. The summed E-state index contributed by atoms with van der Waals surface area (Å²) in [6.45, 7) is 0. The standard InChI is InChI=1S/C24H19FN2O4/c1-29-17-11-12-21(30-2)20(13-17)27-23(28)18-5-3-4-6-19(18)24-26-14-22(31-24)15-7-9-16(25)10-8-15/h3-14H,1-2H3,(H,27,28). The number of aromatic nitrogens is 1. The molecule has 1 amide bonds. The number of ether oxygens (including phenoxy) is 2. The van der Waals surface area contributed by atoms with E-state index in [-0.39, 0.29) is 17.6 Å². The molecule has 0 spiro atoms. The van der Waals surface area contributed by atoms with Gasteiger partial charge in [-0.15, -0.1) is 0 Å². The highest BCUT2D eigenvalue weighted by atomic mass is 19.1. The maximum Gasteiger partial charge on any atom is 0.256 e. The van der Waals surface area contributed by atoms with Crippen molar-refractivity contribution >= 4 is 11.6 Å². The molecule has 0 saturated heterocycles. The van der Waals surface area contributed by atoms with Crippen molar-refractivity contribution in [3.05, 3.63) is 84.3 Å². The van der Waals surface area contributed by atoms with Gasteiger partial charge in [-0.05, 0) is 48.5 Å². The van der Waals surface area contributed by atoms with E-state index in [2.05, 4.69) is 10.3 Å². The van der Waals surface area contributed by atoms with Gasteiger partial charge in [-0.25, -0.2) is 9.37 Å². The van der Waals surface area contributed by atoms with E-state index < -0.39 is 0 Å². The number of nitrogens with zero attached hydrogens (tertiary/aromatic N) is 1. The summed E-state index contributed by atoms with van der Waals surface area (Å²) in [6.07, 6.45) is 1.54. The molecule has 7 heteroatoms. The second-order valence-electron chi connectivity index (χ2n) is 6.60. The van der Waals surface area contributed by atoms with E-state index in [9.17, 15) is 9.18 Å². The van der Waals surface area contributed by atoms with Gasteiger partial charge in [0.1, 0.15) is 17.3 Å². The zero-order valence-corrected chi connectivity index (χ0v) is 16.9. The Morgan fingerprint density at radius 2 is 1.77 bits per heavy atom. The minimum absolute atomic E-state index is 0.280. The Kier molecular flexibility index (Phi) is 5.66. The molecule has 0 aliphatic heterocycles. The van der Waals surface area contributed by atoms with E-state index in [0.29, 0.717) is 39.6 Å². The largest absolute Gasteiger partial charge is 0.497 e. The smallest absolute Gasteiger partial charge is 0.256 e. The van der Waals surface area contributed by atoms with Gasteiger partial charge in [0, 0.05) is 17.2 Å². The lowest BCUT2D eigenvalue weighted by Crippen LogP contribution is -2.14. The SMILES string of the molecule is COc1ccc(OC)c(NC(=O)c2ccccc2-c2ncc(-c3ccc(F)cc3)o2)c1. The van der Waals surface area contributed by atoms with Crippen molar-refractivity contribution in [3.8, 4) is 34.3 Å². The van der Waals surface area contributed by atoms with Crippen molar-refractivity contribution in [3.63, 3.8) is 0 Å². The van der Waals surface area contributed by atoms with E-state index in [1.54, 1.807) is 67.9 Å². The molecule has 0 saturated carbocycles. The van der Waals surface area contributed by atoms with Gasteiger partial charge in [0.15, 0.2) is 5.76 Å². The maximum absolute atomic E-state index is 13.2. The van der Waals surface area contributed by atoms with Crippen LogP contribution in [-0.2, 0) is 0 Å². The summed E-state index contributed by atoms with van der Waals surface area (Å²) in [7, 11) is 3.07. The first-order valence-corrected chi connectivity index (χ1v) is 9.43. The number of benzene rings is 3. The van der Waals surface area contributed by atoms with Crippen LogP contribution in [0.25, 0.3) is 22.8 Å². The second-order valence-corrected chi connectivity index (χ2v) is 6.60. The Morgan fingerprint density at radius 3 is 2.52 bits per heavy atom. The van der Waals surface area contributed by atoms with Crippen molar-refractivity contribution in [1.82, 2.24) is 4.98 Å². The van der Waals surface area contributed by atoms with Gasteiger partial charge in [-0.3, -0.25) is 4.79 Å². The molecule has 156 valence electrons. The number of carbonyl (C=O) groups is 1. The fraction of sp³-hybridized carbons (Fsp3) is 0.0833. The highest BCUT2D eigenvalue weighted by molar-refractivity contribution is 6.08.